The van der Waals surface area contributed by atoms with Gasteiger partial charge in [-0.15, -0.1) is 13.2 Å². The van der Waals surface area contributed by atoms with E-state index in [-0.39, 0.29) is 0 Å². The lowest BCUT2D eigenvalue weighted by Gasteiger charge is -2.20. The lowest BCUT2D eigenvalue weighted by molar-refractivity contribution is -0.111. The zero-order valence-corrected chi connectivity index (χ0v) is 25.1. The maximum Gasteiger partial charge on any atom is 0.123 e. The highest BCUT2D eigenvalue weighted by atomic mass is 16.1. The highest BCUT2D eigenvalue weighted by Gasteiger charge is 2.08. The third-order valence-corrected chi connectivity index (χ3v) is 4.88. The van der Waals surface area contributed by atoms with Gasteiger partial charge in [0.1, 0.15) is 6.29 Å². The Balaban J connectivity index is -0.000000117. The van der Waals surface area contributed by atoms with Crippen LogP contribution in [0.1, 0.15) is 87.0 Å². The molecule has 0 radical (unpaired) electrons. The molecule has 3 N–H and O–H groups in total. The van der Waals surface area contributed by atoms with Crippen LogP contribution in [0.25, 0.3) is 0 Å². The number of allylic oxidation sites excluding steroid dienone is 5. The van der Waals surface area contributed by atoms with Crippen molar-refractivity contribution in [2.75, 3.05) is 33.7 Å². The minimum atomic E-state index is 0.342. The van der Waals surface area contributed by atoms with Crippen molar-refractivity contribution < 1.29 is 4.79 Å². The Hall–Kier alpha value is -1.91. The van der Waals surface area contributed by atoms with E-state index < -0.39 is 0 Å². The van der Waals surface area contributed by atoms with Gasteiger partial charge in [0, 0.05) is 25.7 Å². The van der Waals surface area contributed by atoms with Crippen molar-refractivity contribution in [1.29, 1.82) is 0 Å². The largest absolute Gasteiger partial charge is 0.376 e. The van der Waals surface area contributed by atoms with Crippen LogP contribution < -0.4 is 11.1 Å². The van der Waals surface area contributed by atoms with E-state index in [0.717, 1.165) is 45.2 Å². The molecule has 2 aliphatic rings. The van der Waals surface area contributed by atoms with Crippen molar-refractivity contribution in [1.82, 2.24) is 10.2 Å². The highest BCUT2D eigenvalue weighted by Crippen LogP contribution is 2.18. The summed E-state index contributed by atoms with van der Waals surface area (Å²) < 4.78 is 0. The van der Waals surface area contributed by atoms with Gasteiger partial charge < -0.3 is 20.7 Å². The Morgan fingerprint density at radius 1 is 1.11 bits per heavy atom. The summed E-state index contributed by atoms with van der Waals surface area (Å²) in [6.07, 6.45) is 20.4. The SMILES string of the molecule is C=C.C=C/C=C\C.CC.CC.CCC(C)C1=CN(C)CC=C1.CN.O=CC1CCCCNCCC1. The zero-order valence-electron chi connectivity index (χ0n) is 25.1. The van der Waals surface area contributed by atoms with E-state index in [1.807, 2.05) is 46.8 Å². The molecule has 35 heavy (non-hydrogen) atoms. The number of carbonyl (C=O) groups is 1. The zero-order chi connectivity index (χ0) is 28.3. The van der Waals surface area contributed by atoms with Crippen LogP contribution in [0.15, 0.2) is 61.9 Å². The molecule has 2 unspecified atom stereocenters. The van der Waals surface area contributed by atoms with Crippen molar-refractivity contribution in [3.05, 3.63) is 61.9 Å². The van der Waals surface area contributed by atoms with Gasteiger partial charge >= 0.3 is 0 Å². The molecule has 4 nitrogen and oxygen atoms in total. The molecule has 0 spiro atoms. The number of nitrogens with two attached hydrogens (primary N) is 1. The third-order valence-electron chi connectivity index (χ3n) is 4.88. The Morgan fingerprint density at radius 2 is 1.66 bits per heavy atom. The maximum atomic E-state index is 10.5. The molecular formula is C31H63N3O. The maximum absolute atomic E-state index is 10.5. The van der Waals surface area contributed by atoms with Crippen molar-refractivity contribution in [3.8, 4) is 0 Å². The van der Waals surface area contributed by atoms with Gasteiger partial charge in [-0.1, -0.05) is 84.9 Å². The smallest absolute Gasteiger partial charge is 0.123 e. The fraction of sp³-hybridized carbons (Fsp3) is 0.645. The molecule has 0 bridgehead atoms. The number of nitrogens with one attached hydrogen (secondary N) is 1. The van der Waals surface area contributed by atoms with Gasteiger partial charge in [0.2, 0.25) is 0 Å². The molecule has 0 aromatic rings. The first kappa shape index (κ1) is 43.2. The average Bonchev–Trinajstić information content (AvgIpc) is 3.08. The van der Waals surface area contributed by atoms with Gasteiger partial charge in [-0.25, -0.2) is 0 Å². The van der Waals surface area contributed by atoms with Gasteiger partial charge in [-0.05, 0) is 70.7 Å². The fourth-order valence-electron chi connectivity index (χ4n) is 2.92. The normalized spacial score (nSPS) is 17.0. The number of hydrogen-bond donors (Lipinski definition) is 2. The van der Waals surface area contributed by atoms with Crippen LogP contribution in [0.2, 0.25) is 0 Å². The topological polar surface area (TPSA) is 58.4 Å². The Bertz CT molecular complexity index is 474. The molecule has 2 aliphatic heterocycles. The fourth-order valence-corrected chi connectivity index (χ4v) is 2.92. The first-order valence-electron chi connectivity index (χ1n) is 13.6. The summed E-state index contributed by atoms with van der Waals surface area (Å²) in [7, 11) is 3.62. The third kappa shape index (κ3) is 34.3. The Morgan fingerprint density at radius 3 is 2.09 bits per heavy atom. The van der Waals surface area contributed by atoms with Gasteiger partial charge in [0.15, 0.2) is 0 Å². The van der Waals surface area contributed by atoms with E-state index in [9.17, 15) is 4.79 Å². The predicted octanol–water partition coefficient (Wildman–Crippen LogP) is 7.95. The Labute approximate surface area is 221 Å². The summed E-state index contributed by atoms with van der Waals surface area (Å²) in [4.78, 5) is 12.7. The second-order valence-corrected chi connectivity index (χ2v) is 7.33. The minimum Gasteiger partial charge on any atom is -0.376 e. The summed E-state index contributed by atoms with van der Waals surface area (Å²) >= 11 is 0. The summed E-state index contributed by atoms with van der Waals surface area (Å²) in [5, 5.41) is 3.36. The van der Waals surface area contributed by atoms with Gasteiger partial charge in [0.05, 0.1) is 0 Å². The molecule has 2 atom stereocenters. The second-order valence-electron chi connectivity index (χ2n) is 7.33. The molecule has 0 aliphatic carbocycles. The van der Waals surface area contributed by atoms with E-state index >= 15 is 0 Å². The molecule has 1 saturated heterocycles. The van der Waals surface area contributed by atoms with E-state index in [1.165, 1.54) is 31.9 Å². The number of hydrogen-bond acceptors (Lipinski definition) is 4. The summed E-state index contributed by atoms with van der Waals surface area (Å²) in [5.41, 5.74) is 5.96. The van der Waals surface area contributed by atoms with Crippen molar-refractivity contribution in [2.24, 2.45) is 17.6 Å². The van der Waals surface area contributed by atoms with Crippen LogP contribution >= 0.6 is 0 Å². The van der Waals surface area contributed by atoms with Crippen molar-refractivity contribution >= 4 is 6.29 Å². The summed E-state index contributed by atoms with van der Waals surface area (Å²) in [6, 6.07) is 0. The standard InChI is InChI=1S/C10H17N.C9H17NO.C5H8.2C2H6.C2H4.CH5N/c1-4-9(2)10-6-5-7-11(3)8-10;11-8-9-4-1-2-6-10-7-3-5-9;1-3-5-4-2;4*1-2/h5-6,8-9H,4,7H2,1-3H3;8-10H,1-7H2;3-5H,1H2,2H3;2*1-2H3;1-2H2;2H2,1H3/b;;5-4-;;;;. The molecule has 2 rings (SSSR count). The van der Waals surface area contributed by atoms with Crippen LogP contribution in [-0.2, 0) is 4.79 Å². The van der Waals surface area contributed by atoms with E-state index in [1.54, 1.807) is 6.08 Å². The summed E-state index contributed by atoms with van der Waals surface area (Å²) in [6.45, 7) is 27.2. The second kappa shape index (κ2) is 42.3. The lowest BCUT2D eigenvalue weighted by Crippen LogP contribution is -2.16. The van der Waals surface area contributed by atoms with Gasteiger partial charge in [-0.2, -0.15) is 0 Å². The molecule has 4 heteroatoms. The van der Waals surface area contributed by atoms with Crippen molar-refractivity contribution in [3.63, 3.8) is 0 Å². The van der Waals surface area contributed by atoms with E-state index in [0.29, 0.717) is 11.8 Å². The number of rotatable bonds is 4. The molecule has 1 fully saturated rings. The Kier molecular flexibility index (Phi) is 52.2. The molecular weight excluding hydrogens is 430 g/mol. The van der Waals surface area contributed by atoms with Crippen LogP contribution in [0.5, 0.6) is 0 Å². The lowest BCUT2D eigenvalue weighted by atomic mass is 9.98. The number of nitrogens with zero attached hydrogens (tertiary/aromatic N) is 1. The van der Waals surface area contributed by atoms with Crippen LogP contribution in [-0.4, -0.2) is 44.9 Å². The monoisotopic (exact) mass is 493 g/mol. The predicted molar refractivity (Wildman–Crippen MR) is 164 cm³/mol. The number of likely N-dealkylation sites (N-methyl/N-ethyl adjacent to an activating group) is 1. The molecule has 0 saturated carbocycles. The average molecular weight is 494 g/mol. The highest BCUT2D eigenvalue weighted by molar-refractivity contribution is 5.53. The molecule has 0 aromatic heterocycles. The first-order chi connectivity index (χ1) is 17.1. The number of carbonyl (C=O) groups excluding carboxylic acids is 1. The van der Waals surface area contributed by atoms with Gasteiger partial charge in [0.25, 0.3) is 0 Å². The minimum absolute atomic E-state index is 0.342. The summed E-state index contributed by atoms with van der Waals surface area (Å²) in [5.74, 6) is 1.05. The van der Waals surface area contributed by atoms with Crippen LogP contribution in [0, 0.1) is 11.8 Å². The first-order valence-corrected chi connectivity index (χ1v) is 13.6. The van der Waals surface area contributed by atoms with E-state index in [2.05, 4.69) is 74.9 Å². The number of aldehydes is 1. The van der Waals surface area contributed by atoms with E-state index in [4.69, 9.17) is 0 Å². The molecule has 208 valence electrons. The van der Waals surface area contributed by atoms with Gasteiger partial charge in [-0.3, -0.25) is 0 Å². The molecule has 0 aromatic carbocycles. The molecule has 2 heterocycles. The van der Waals surface area contributed by atoms with Crippen LogP contribution in [0.3, 0.4) is 0 Å². The van der Waals surface area contributed by atoms with Crippen LogP contribution in [0.4, 0.5) is 0 Å². The molecule has 0 amide bonds. The quantitative estimate of drug-likeness (QED) is 0.237. The van der Waals surface area contributed by atoms with Crippen molar-refractivity contribution in [2.45, 2.75) is 87.0 Å².